The summed E-state index contributed by atoms with van der Waals surface area (Å²) in [4.78, 5) is 0. The molecule has 2 nitrogen and oxygen atoms in total. The Morgan fingerprint density at radius 3 is 2.81 bits per heavy atom. The number of ether oxygens (including phenoxy) is 1. The maximum Gasteiger partial charge on any atom is 0.123 e. The van der Waals surface area contributed by atoms with Gasteiger partial charge in [-0.1, -0.05) is 6.08 Å². The van der Waals surface area contributed by atoms with E-state index in [0.717, 1.165) is 12.8 Å². The van der Waals surface area contributed by atoms with Gasteiger partial charge in [-0.25, -0.2) is 4.39 Å². The van der Waals surface area contributed by atoms with Crippen molar-refractivity contribution in [2.24, 2.45) is 5.73 Å². The van der Waals surface area contributed by atoms with Crippen molar-refractivity contribution < 1.29 is 9.13 Å². The molecule has 0 saturated carbocycles. The normalized spacial score (nSPS) is 11.4. The van der Waals surface area contributed by atoms with E-state index in [9.17, 15) is 4.39 Å². The number of hydrogen-bond donors (Lipinski definition) is 1. The van der Waals surface area contributed by atoms with E-state index in [0.29, 0.717) is 11.3 Å². The predicted octanol–water partition coefficient (Wildman–Crippen LogP) is 3.22. The molecule has 0 spiro atoms. The molecule has 2 N–H and O–H groups in total. The van der Waals surface area contributed by atoms with Crippen LogP contribution in [0.25, 0.3) is 0 Å². The zero-order valence-corrected chi connectivity index (χ0v) is 10.1. The standard InChI is InChI=1S/C12H16FNO.ClH/c1-3-4-5-11(14)10-8-9(13)6-7-12(10)15-2;/h3,6-8,11H,1,4-5,14H2,2H3;1H/t11-;/m0./s1. The summed E-state index contributed by atoms with van der Waals surface area (Å²) >= 11 is 0. The molecule has 0 aliphatic carbocycles. The highest BCUT2D eigenvalue weighted by Crippen LogP contribution is 2.27. The van der Waals surface area contributed by atoms with Crippen molar-refractivity contribution in [1.82, 2.24) is 0 Å². The quantitative estimate of drug-likeness (QED) is 0.809. The third-order valence-electron chi connectivity index (χ3n) is 2.27. The predicted molar refractivity (Wildman–Crippen MR) is 66.6 cm³/mol. The third kappa shape index (κ3) is 3.83. The molecule has 0 fully saturated rings. The van der Waals surface area contributed by atoms with Crippen LogP contribution in [0.4, 0.5) is 4.39 Å². The number of allylic oxidation sites excluding steroid dienone is 1. The summed E-state index contributed by atoms with van der Waals surface area (Å²) in [6, 6.07) is 4.17. The lowest BCUT2D eigenvalue weighted by Gasteiger charge is -2.14. The van der Waals surface area contributed by atoms with Gasteiger partial charge in [0.25, 0.3) is 0 Å². The lowest BCUT2D eigenvalue weighted by atomic mass is 10.0. The Kier molecular flexibility index (Phi) is 6.77. The number of hydrogen-bond acceptors (Lipinski definition) is 2. The van der Waals surface area contributed by atoms with E-state index >= 15 is 0 Å². The minimum absolute atomic E-state index is 0. The van der Waals surface area contributed by atoms with Crippen LogP contribution in [0.1, 0.15) is 24.4 Å². The maximum atomic E-state index is 13.0. The third-order valence-corrected chi connectivity index (χ3v) is 2.27. The van der Waals surface area contributed by atoms with Crippen molar-refractivity contribution in [2.75, 3.05) is 7.11 Å². The summed E-state index contributed by atoms with van der Waals surface area (Å²) in [5, 5.41) is 0. The van der Waals surface area contributed by atoms with Crippen LogP contribution in [-0.4, -0.2) is 7.11 Å². The van der Waals surface area contributed by atoms with E-state index in [4.69, 9.17) is 10.5 Å². The molecule has 1 aromatic carbocycles. The number of rotatable bonds is 5. The monoisotopic (exact) mass is 245 g/mol. The highest BCUT2D eigenvalue weighted by Gasteiger charge is 2.11. The molecular weight excluding hydrogens is 229 g/mol. The van der Waals surface area contributed by atoms with Gasteiger partial charge in [0, 0.05) is 11.6 Å². The topological polar surface area (TPSA) is 35.2 Å². The Morgan fingerprint density at radius 1 is 1.56 bits per heavy atom. The Bertz CT molecular complexity index is 344. The van der Waals surface area contributed by atoms with Gasteiger partial charge in [0.15, 0.2) is 0 Å². The Balaban J connectivity index is 0.00000225. The van der Waals surface area contributed by atoms with Gasteiger partial charge in [0.2, 0.25) is 0 Å². The van der Waals surface area contributed by atoms with Crippen LogP contribution in [0.3, 0.4) is 0 Å². The van der Waals surface area contributed by atoms with Crippen molar-refractivity contribution in [1.29, 1.82) is 0 Å². The van der Waals surface area contributed by atoms with E-state index in [-0.39, 0.29) is 24.3 Å². The van der Waals surface area contributed by atoms with E-state index in [2.05, 4.69) is 6.58 Å². The van der Waals surface area contributed by atoms with Crippen molar-refractivity contribution in [3.63, 3.8) is 0 Å². The van der Waals surface area contributed by atoms with Crippen LogP contribution in [0, 0.1) is 5.82 Å². The van der Waals surface area contributed by atoms with E-state index in [1.165, 1.54) is 12.1 Å². The minimum atomic E-state index is -0.292. The second kappa shape index (κ2) is 7.25. The Morgan fingerprint density at radius 2 is 2.25 bits per heavy atom. The first-order chi connectivity index (χ1) is 7.19. The average Bonchev–Trinajstić information content (AvgIpc) is 2.25. The summed E-state index contributed by atoms with van der Waals surface area (Å²) in [5.74, 6) is 0.341. The fourth-order valence-corrected chi connectivity index (χ4v) is 1.45. The van der Waals surface area contributed by atoms with Crippen LogP contribution in [0.15, 0.2) is 30.9 Å². The largest absolute Gasteiger partial charge is 0.496 e. The lowest BCUT2D eigenvalue weighted by molar-refractivity contribution is 0.403. The summed E-state index contributed by atoms with van der Waals surface area (Å²) in [7, 11) is 1.55. The molecule has 4 heteroatoms. The molecule has 0 bridgehead atoms. The van der Waals surface area contributed by atoms with Crippen molar-refractivity contribution in [2.45, 2.75) is 18.9 Å². The molecule has 1 atom stereocenters. The number of halogens is 2. The molecular formula is C12H17ClFNO. The number of methoxy groups -OCH3 is 1. The lowest BCUT2D eigenvalue weighted by Crippen LogP contribution is -2.11. The van der Waals surface area contributed by atoms with Crippen LogP contribution in [-0.2, 0) is 0 Å². The molecule has 0 aliphatic heterocycles. The van der Waals surface area contributed by atoms with Crippen LogP contribution < -0.4 is 10.5 Å². The second-order valence-corrected chi connectivity index (χ2v) is 3.36. The van der Waals surface area contributed by atoms with Crippen molar-refractivity contribution in [3.05, 3.63) is 42.2 Å². The Hall–Kier alpha value is -1.06. The maximum absolute atomic E-state index is 13.0. The molecule has 0 radical (unpaired) electrons. The molecule has 16 heavy (non-hydrogen) atoms. The molecule has 0 amide bonds. The molecule has 90 valence electrons. The van der Waals surface area contributed by atoms with Gasteiger partial charge >= 0.3 is 0 Å². The zero-order valence-electron chi connectivity index (χ0n) is 9.28. The van der Waals surface area contributed by atoms with E-state index in [1.807, 2.05) is 0 Å². The minimum Gasteiger partial charge on any atom is -0.496 e. The fourth-order valence-electron chi connectivity index (χ4n) is 1.45. The smallest absolute Gasteiger partial charge is 0.123 e. The van der Waals surface area contributed by atoms with Gasteiger partial charge in [-0.05, 0) is 31.0 Å². The zero-order chi connectivity index (χ0) is 11.3. The molecule has 0 saturated heterocycles. The molecule has 0 aromatic heterocycles. The fraction of sp³-hybridized carbons (Fsp3) is 0.333. The number of benzene rings is 1. The highest BCUT2D eigenvalue weighted by atomic mass is 35.5. The van der Waals surface area contributed by atoms with Gasteiger partial charge < -0.3 is 10.5 Å². The van der Waals surface area contributed by atoms with Gasteiger partial charge in [0.05, 0.1) is 7.11 Å². The SMILES string of the molecule is C=CCC[C@H](N)c1cc(F)ccc1OC.Cl. The van der Waals surface area contributed by atoms with Crippen molar-refractivity contribution in [3.8, 4) is 5.75 Å². The summed E-state index contributed by atoms with van der Waals surface area (Å²) in [6.07, 6.45) is 3.34. The van der Waals surface area contributed by atoms with E-state index in [1.54, 1.807) is 19.3 Å². The van der Waals surface area contributed by atoms with Gasteiger partial charge in [-0.2, -0.15) is 0 Å². The Labute approximate surface area is 102 Å². The molecule has 0 unspecified atom stereocenters. The second-order valence-electron chi connectivity index (χ2n) is 3.36. The first-order valence-electron chi connectivity index (χ1n) is 4.89. The van der Waals surface area contributed by atoms with Crippen molar-refractivity contribution >= 4 is 12.4 Å². The molecule has 1 rings (SSSR count). The summed E-state index contributed by atoms with van der Waals surface area (Å²) in [5.41, 5.74) is 6.64. The molecule has 0 aliphatic rings. The van der Waals surface area contributed by atoms with Crippen LogP contribution in [0.2, 0.25) is 0 Å². The first kappa shape index (κ1) is 14.9. The number of nitrogens with two attached hydrogens (primary N) is 1. The van der Waals surface area contributed by atoms with Crippen LogP contribution in [0.5, 0.6) is 5.75 Å². The van der Waals surface area contributed by atoms with Crippen LogP contribution >= 0.6 is 12.4 Å². The van der Waals surface area contributed by atoms with Gasteiger partial charge in [0.1, 0.15) is 11.6 Å². The molecule has 1 aromatic rings. The van der Waals surface area contributed by atoms with Gasteiger partial charge in [-0.3, -0.25) is 0 Å². The first-order valence-corrected chi connectivity index (χ1v) is 4.89. The summed E-state index contributed by atoms with van der Waals surface area (Å²) < 4.78 is 18.2. The highest BCUT2D eigenvalue weighted by molar-refractivity contribution is 5.85. The molecule has 0 heterocycles. The van der Waals surface area contributed by atoms with Gasteiger partial charge in [-0.15, -0.1) is 19.0 Å². The van der Waals surface area contributed by atoms with E-state index < -0.39 is 0 Å². The summed E-state index contributed by atoms with van der Waals surface area (Å²) in [6.45, 7) is 3.63. The average molecular weight is 246 g/mol.